The topological polar surface area (TPSA) is 79.6 Å². The van der Waals surface area contributed by atoms with Crippen molar-refractivity contribution in [3.8, 4) is 28.7 Å². The lowest BCUT2D eigenvalue weighted by molar-refractivity contribution is -0.120. The molecule has 176 valence electrons. The van der Waals surface area contributed by atoms with Gasteiger partial charge >= 0.3 is 0 Å². The molecule has 0 unspecified atom stereocenters. The van der Waals surface area contributed by atoms with Gasteiger partial charge in [-0.15, -0.1) is 0 Å². The van der Waals surface area contributed by atoms with E-state index in [0.29, 0.717) is 17.7 Å². The number of hydrogen-bond acceptors (Lipinski definition) is 5. The van der Waals surface area contributed by atoms with Gasteiger partial charge in [0.25, 0.3) is 5.91 Å². The highest BCUT2D eigenvalue weighted by molar-refractivity contribution is 5.96. The van der Waals surface area contributed by atoms with Gasteiger partial charge in [-0.1, -0.05) is 36.4 Å². The van der Waals surface area contributed by atoms with Crippen molar-refractivity contribution >= 4 is 11.7 Å². The fourth-order valence-electron chi connectivity index (χ4n) is 4.68. The first-order valence-corrected chi connectivity index (χ1v) is 11.7. The molecule has 1 aliphatic heterocycles. The van der Waals surface area contributed by atoms with Crippen LogP contribution in [0.3, 0.4) is 0 Å². The molecule has 0 radical (unpaired) electrons. The van der Waals surface area contributed by atoms with Gasteiger partial charge in [-0.25, -0.2) is 0 Å². The van der Waals surface area contributed by atoms with Crippen LogP contribution >= 0.6 is 0 Å². The Kier molecular flexibility index (Phi) is 5.78. The zero-order valence-corrected chi connectivity index (χ0v) is 19.8. The molecule has 0 aromatic heterocycles. The number of Topliss-reactive ketones (excluding diaryl/α,β-unsaturated/α-hetero) is 1. The number of ketones is 1. The van der Waals surface area contributed by atoms with Crippen molar-refractivity contribution in [3.63, 3.8) is 0 Å². The number of fused-ring (bicyclic) bond motifs is 1. The van der Waals surface area contributed by atoms with Crippen LogP contribution in [0.4, 0.5) is 0 Å². The minimum atomic E-state index is -0.441. The van der Waals surface area contributed by atoms with Crippen molar-refractivity contribution < 1.29 is 19.1 Å². The average Bonchev–Trinajstić information content (AvgIpc) is 3.55. The van der Waals surface area contributed by atoms with Crippen LogP contribution in [0.15, 0.2) is 60.7 Å². The summed E-state index contributed by atoms with van der Waals surface area (Å²) in [4.78, 5) is 27.2. The molecular formula is C29H26N2O4. The second kappa shape index (κ2) is 8.92. The van der Waals surface area contributed by atoms with Crippen molar-refractivity contribution in [2.75, 3.05) is 20.4 Å². The summed E-state index contributed by atoms with van der Waals surface area (Å²) in [6.45, 7) is 2.30. The molecule has 0 saturated heterocycles. The van der Waals surface area contributed by atoms with E-state index in [0.717, 1.165) is 46.4 Å². The normalized spacial score (nSPS) is 14.8. The van der Waals surface area contributed by atoms with Gasteiger partial charge in [0.05, 0.1) is 11.5 Å². The Hall–Kier alpha value is -4.11. The van der Waals surface area contributed by atoms with E-state index in [2.05, 4.69) is 6.07 Å². The molecule has 6 nitrogen and oxygen atoms in total. The molecule has 35 heavy (non-hydrogen) atoms. The third-order valence-corrected chi connectivity index (χ3v) is 6.97. The molecule has 1 heterocycles. The van der Waals surface area contributed by atoms with E-state index in [4.69, 9.17) is 14.7 Å². The smallest absolute Gasteiger partial charge is 0.254 e. The molecule has 0 bridgehead atoms. The number of benzene rings is 3. The maximum atomic E-state index is 13.4. The SMILES string of the molecule is Cc1ccc(CC(=O)C2(c3ccc4c(c3)OCO4)CC2)cc1-c1ccc(C(=O)N(C)CC#N)cc1. The zero-order valence-electron chi connectivity index (χ0n) is 19.8. The molecule has 1 amide bonds. The van der Waals surface area contributed by atoms with Gasteiger partial charge in [0.2, 0.25) is 6.79 Å². The second-order valence-electron chi connectivity index (χ2n) is 9.30. The van der Waals surface area contributed by atoms with E-state index in [1.165, 1.54) is 4.90 Å². The summed E-state index contributed by atoms with van der Waals surface area (Å²) in [5, 5.41) is 8.82. The van der Waals surface area contributed by atoms with Gasteiger partial charge in [-0.3, -0.25) is 9.59 Å². The molecule has 1 saturated carbocycles. The number of nitriles is 1. The monoisotopic (exact) mass is 466 g/mol. The summed E-state index contributed by atoms with van der Waals surface area (Å²) >= 11 is 0. The highest BCUT2D eigenvalue weighted by atomic mass is 16.7. The van der Waals surface area contributed by atoms with Crippen LogP contribution in [0, 0.1) is 18.3 Å². The number of ether oxygens (including phenoxy) is 2. The summed E-state index contributed by atoms with van der Waals surface area (Å²) in [6.07, 6.45) is 2.05. The maximum Gasteiger partial charge on any atom is 0.254 e. The molecule has 3 aromatic carbocycles. The molecule has 6 heteroatoms. The second-order valence-corrected chi connectivity index (χ2v) is 9.30. The third-order valence-electron chi connectivity index (χ3n) is 6.97. The Morgan fingerprint density at radius 2 is 1.74 bits per heavy atom. The standard InChI is InChI=1S/C29H26N2O4/c1-19-3-4-20(15-24(19)21-5-7-22(8-6-21)28(33)31(2)14-13-30)16-27(32)29(11-12-29)23-9-10-25-26(17-23)35-18-34-25/h3-10,15,17H,11-12,14,16,18H2,1-2H3. The number of hydrogen-bond donors (Lipinski definition) is 0. The third kappa shape index (κ3) is 4.26. The van der Waals surface area contributed by atoms with Crippen LogP contribution in [-0.2, 0) is 16.6 Å². The van der Waals surface area contributed by atoms with Crippen molar-refractivity contribution in [2.24, 2.45) is 0 Å². The quantitative estimate of drug-likeness (QED) is 0.466. The van der Waals surface area contributed by atoms with Gasteiger partial charge in [-0.05, 0) is 71.8 Å². The highest BCUT2D eigenvalue weighted by Crippen LogP contribution is 2.51. The summed E-state index contributed by atoms with van der Waals surface area (Å²) < 4.78 is 10.9. The minimum Gasteiger partial charge on any atom is -0.454 e. The van der Waals surface area contributed by atoms with Crippen molar-refractivity contribution in [2.45, 2.75) is 31.6 Å². The number of carbonyl (C=O) groups is 2. The Balaban J connectivity index is 1.35. The van der Waals surface area contributed by atoms with Gasteiger partial charge < -0.3 is 14.4 Å². The number of aryl methyl sites for hydroxylation is 1. The van der Waals surface area contributed by atoms with Crippen LogP contribution in [0.5, 0.6) is 11.5 Å². The molecule has 1 fully saturated rings. The fourth-order valence-corrected chi connectivity index (χ4v) is 4.68. The van der Waals surface area contributed by atoms with E-state index in [1.54, 1.807) is 19.2 Å². The molecule has 0 spiro atoms. The molecule has 5 rings (SSSR count). The van der Waals surface area contributed by atoms with Gasteiger partial charge in [-0.2, -0.15) is 5.26 Å². The van der Waals surface area contributed by atoms with Crippen molar-refractivity contribution in [1.29, 1.82) is 5.26 Å². The first-order valence-electron chi connectivity index (χ1n) is 11.7. The number of amides is 1. The Labute approximate surface area is 204 Å². The largest absolute Gasteiger partial charge is 0.454 e. The number of nitrogens with zero attached hydrogens (tertiary/aromatic N) is 2. The highest BCUT2D eigenvalue weighted by Gasteiger charge is 2.50. The Morgan fingerprint density at radius 1 is 1.00 bits per heavy atom. The Bertz CT molecular complexity index is 1350. The molecular weight excluding hydrogens is 440 g/mol. The van der Waals surface area contributed by atoms with E-state index >= 15 is 0 Å². The van der Waals surface area contributed by atoms with Gasteiger partial charge in [0, 0.05) is 19.0 Å². The molecule has 1 aliphatic carbocycles. The lowest BCUT2D eigenvalue weighted by Crippen LogP contribution is -2.26. The van der Waals surface area contributed by atoms with Crippen molar-refractivity contribution in [1.82, 2.24) is 4.90 Å². The van der Waals surface area contributed by atoms with Crippen LogP contribution < -0.4 is 9.47 Å². The first-order chi connectivity index (χ1) is 16.9. The predicted molar refractivity (Wildman–Crippen MR) is 131 cm³/mol. The first kappa shape index (κ1) is 22.7. The lowest BCUT2D eigenvalue weighted by atomic mass is 9.87. The van der Waals surface area contributed by atoms with Crippen LogP contribution in [-0.4, -0.2) is 37.0 Å². The van der Waals surface area contributed by atoms with Crippen LogP contribution in [0.25, 0.3) is 11.1 Å². The lowest BCUT2D eigenvalue weighted by Gasteiger charge is -2.16. The number of carbonyl (C=O) groups excluding carboxylic acids is 2. The van der Waals surface area contributed by atoms with Gasteiger partial charge in [0.15, 0.2) is 11.5 Å². The van der Waals surface area contributed by atoms with E-state index in [1.807, 2.05) is 55.5 Å². The summed E-state index contributed by atoms with van der Waals surface area (Å²) in [7, 11) is 1.61. The Morgan fingerprint density at radius 3 is 2.46 bits per heavy atom. The fraction of sp³-hybridized carbons (Fsp3) is 0.276. The minimum absolute atomic E-state index is 0.0452. The van der Waals surface area contributed by atoms with Crippen LogP contribution in [0.1, 0.15) is 39.9 Å². The predicted octanol–water partition coefficient (Wildman–Crippen LogP) is 4.83. The van der Waals surface area contributed by atoms with E-state index < -0.39 is 5.41 Å². The van der Waals surface area contributed by atoms with Crippen molar-refractivity contribution in [3.05, 3.63) is 82.9 Å². The molecule has 2 aliphatic rings. The zero-order chi connectivity index (χ0) is 24.6. The maximum absolute atomic E-state index is 13.4. The van der Waals surface area contributed by atoms with E-state index in [-0.39, 0.29) is 25.0 Å². The average molecular weight is 467 g/mol. The van der Waals surface area contributed by atoms with Gasteiger partial charge in [0.1, 0.15) is 12.3 Å². The van der Waals surface area contributed by atoms with E-state index in [9.17, 15) is 9.59 Å². The summed E-state index contributed by atoms with van der Waals surface area (Å²) in [5.74, 6) is 1.46. The number of rotatable bonds is 7. The summed E-state index contributed by atoms with van der Waals surface area (Å²) in [5.41, 5.74) is 5.18. The van der Waals surface area contributed by atoms with Crippen LogP contribution in [0.2, 0.25) is 0 Å². The molecule has 3 aromatic rings. The summed E-state index contributed by atoms with van der Waals surface area (Å²) in [6, 6.07) is 21.3. The molecule has 0 N–H and O–H groups in total. The molecule has 0 atom stereocenters.